The Kier molecular flexibility index (Phi) is 6.66. The Balaban J connectivity index is 1.37. The van der Waals surface area contributed by atoms with E-state index in [1.165, 1.54) is 27.6 Å². The number of hydrogen-bond donors (Lipinski definition) is 1. The summed E-state index contributed by atoms with van der Waals surface area (Å²) < 4.78 is 33.3. The fraction of sp³-hybridized carbons (Fsp3) is 0.296. The number of hydrogen-bond acceptors (Lipinski definition) is 4. The van der Waals surface area contributed by atoms with Gasteiger partial charge in [-0.05, 0) is 92.3 Å². The number of carbonyl (C=O) groups is 1. The van der Waals surface area contributed by atoms with Crippen molar-refractivity contribution < 1.29 is 17.9 Å². The maximum Gasteiger partial charge on any atom is 0.264 e. The third-order valence-electron chi connectivity index (χ3n) is 6.35. The van der Waals surface area contributed by atoms with E-state index in [9.17, 15) is 13.2 Å². The Bertz CT molecular complexity index is 1320. The second-order valence-electron chi connectivity index (χ2n) is 8.80. The molecule has 34 heavy (non-hydrogen) atoms. The van der Waals surface area contributed by atoms with Crippen LogP contribution in [0.3, 0.4) is 0 Å². The lowest BCUT2D eigenvalue weighted by molar-refractivity contribution is -0.123. The Morgan fingerprint density at radius 2 is 1.68 bits per heavy atom. The second-order valence-corrected chi connectivity index (χ2v) is 10.7. The van der Waals surface area contributed by atoms with E-state index < -0.39 is 10.0 Å². The monoisotopic (exact) mass is 478 g/mol. The van der Waals surface area contributed by atoms with Crippen molar-refractivity contribution in [3.8, 4) is 5.75 Å². The molecular weight excluding hydrogens is 448 g/mol. The Labute approximate surface area is 201 Å². The molecule has 0 aliphatic carbocycles. The summed E-state index contributed by atoms with van der Waals surface area (Å²) in [6.45, 7) is 8.40. The maximum atomic E-state index is 13.1. The molecule has 0 saturated carbocycles. The summed E-state index contributed by atoms with van der Waals surface area (Å²) >= 11 is 0. The number of para-hydroxylation sites is 1. The Morgan fingerprint density at radius 3 is 2.41 bits per heavy atom. The lowest BCUT2D eigenvalue weighted by Crippen LogP contribution is -2.31. The van der Waals surface area contributed by atoms with Gasteiger partial charge in [0.15, 0.2) is 6.61 Å². The number of fused-ring (bicyclic) bond motifs is 1. The largest absolute Gasteiger partial charge is 0.484 e. The van der Waals surface area contributed by atoms with Crippen LogP contribution in [0.2, 0.25) is 0 Å². The molecule has 1 aliphatic heterocycles. The van der Waals surface area contributed by atoms with E-state index in [-0.39, 0.29) is 23.5 Å². The molecule has 1 amide bonds. The summed E-state index contributed by atoms with van der Waals surface area (Å²) in [6.07, 6.45) is 0.700. The maximum absolute atomic E-state index is 13.1. The van der Waals surface area contributed by atoms with Crippen molar-refractivity contribution in [1.82, 2.24) is 5.32 Å². The highest BCUT2D eigenvalue weighted by Gasteiger charge is 2.30. The van der Waals surface area contributed by atoms with Crippen molar-refractivity contribution >= 4 is 21.6 Å². The molecule has 7 heteroatoms. The van der Waals surface area contributed by atoms with Gasteiger partial charge in [-0.3, -0.25) is 9.10 Å². The number of sulfonamides is 1. The fourth-order valence-electron chi connectivity index (χ4n) is 4.35. The number of nitrogens with one attached hydrogen (secondary N) is 1. The zero-order chi connectivity index (χ0) is 24.5. The molecule has 1 N–H and O–H groups in total. The first-order chi connectivity index (χ1) is 16.2. The van der Waals surface area contributed by atoms with Gasteiger partial charge in [-0.25, -0.2) is 8.42 Å². The summed E-state index contributed by atoms with van der Waals surface area (Å²) in [6, 6.07) is 17.8. The molecule has 0 radical (unpaired) electrons. The predicted molar refractivity (Wildman–Crippen MR) is 134 cm³/mol. The van der Waals surface area contributed by atoms with Crippen LogP contribution in [0, 0.1) is 20.8 Å². The summed E-state index contributed by atoms with van der Waals surface area (Å²) in [5, 5.41) is 2.97. The summed E-state index contributed by atoms with van der Waals surface area (Å²) in [4.78, 5) is 12.6. The van der Waals surface area contributed by atoms with E-state index in [0.717, 1.165) is 22.4 Å². The number of amides is 1. The first-order valence-corrected chi connectivity index (χ1v) is 12.8. The van der Waals surface area contributed by atoms with Crippen molar-refractivity contribution in [2.75, 3.05) is 17.5 Å². The number of aryl methyl sites for hydroxylation is 3. The van der Waals surface area contributed by atoms with Gasteiger partial charge in [0.2, 0.25) is 0 Å². The zero-order valence-corrected chi connectivity index (χ0v) is 20.8. The molecule has 1 heterocycles. The molecule has 178 valence electrons. The SMILES string of the molecule is Cc1cc(C)c([C@@H](C)NC(=O)COc2ccc(S(=O)(=O)N3CCc4ccccc43)cc2)cc1C. The number of ether oxygens (including phenoxy) is 1. The first kappa shape index (κ1) is 23.8. The van der Waals surface area contributed by atoms with E-state index >= 15 is 0 Å². The minimum Gasteiger partial charge on any atom is -0.484 e. The smallest absolute Gasteiger partial charge is 0.264 e. The minimum atomic E-state index is -3.66. The van der Waals surface area contributed by atoms with Crippen LogP contribution in [-0.2, 0) is 21.2 Å². The Morgan fingerprint density at radius 1 is 1.00 bits per heavy atom. The van der Waals surface area contributed by atoms with E-state index in [4.69, 9.17) is 4.74 Å². The van der Waals surface area contributed by atoms with Gasteiger partial charge in [0.25, 0.3) is 15.9 Å². The lowest BCUT2D eigenvalue weighted by Gasteiger charge is -2.20. The standard InChI is InChI=1S/C27H30N2O4S/c1-18-15-20(3)25(16-19(18)2)21(4)28-27(30)17-33-23-9-11-24(12-10-23)34(31,32)29-14-13-22-7-5-6-8-26(22)29/h5-12,15-16,21H,13-14,17H2,1-4H3,(H,28,30)/t21-/m1/s1. The van der Waals surface area contributed by atoms with Crippen LogP contribution in [0.15, 0.2) is 65.6 Å². The predicted octanol–water partition coefficient (Wildman–Crippen LogP) is 4.62. The number of anilines is 1. The van der Waals surface area contributed by atoms with Gasteiger partial charge >= 0.3 is 0 Å². The average molecular weight is 479 g/mol. The molecule has 3 aromatic carbocycles. The quantitative estimate of drug-likeness (QED) is 0.538. The normalized spacial score (nSPS) is 13.9. The molecule has 0 fully saturated rings. The highest BCUT2D eigenvalue weighted by Crippen LogP contribution is 2.33. The number of carbonyl (C=O) groups excluding carboxylic acids is 1. The fourth-order valence-corrected chi connectivity index (χ4v) is 5.86. The van der Waals surface area contributed by atoms with Crippen LogP contribution < -0.4 is 14.4 Å². The Hall–Kier alpha value is -3.32. The van der Waals surface area contributed by atoms with Crippen LogP contribution in [-0.4, -0.2) is 27.5 Å². The molecular formula is C27H30N2O4S. The number of nitrogens with zero attached hydrogens (tertiary/aromatic N) is 1. The molecule has 1 atom stereocenters. The molecule has 6 nitrogen and oxygen atoms in total. The van der Waals surface area contributed by atoms with Gasteiger partial charge in [0, 0.05) is 6.54 Å². The summed E-state index contributed by atoms with van der Waals surface area (Å²) in [5.41, 5.74) is 6.38. The van der Waals surface area contributed by atoms with Gasteiger partial charge in [0.05, 0.1) is 16.6 Å². The van der Waals surface area contributed by atoms with Gasteiger partial charge in [-0.1, -0.05) is 30.3 Å². The summed E-state index contributed by atoms with van der Waals surface area (Å²) in [5.74, 6) is 0.196. The van der Waals surface area contributed by atoms with E-state index in [1.807, 2.05) is 38.1 Å². The van der Waals surface area contributed by atoms with Crippen LogP contribution in [0.5, 0.6) is 5.75 Å². The second kappa shape index (κ2) is 9.50. The highest BCUT2D eigenvalue weighted by molar-refractivity contribution is 7.92. The molecule has 0 unspecified atom stereocenters. The molecule has 0 aromatic heterocycles. The van der Waals surface area contributed by atoms with Gasteiger partial charge < -0.3 is 10.1 Å². The van der Waals surface area contributed by atoms with E-state index in [2.05, 4.69) is 31.3 Å². The van der Waals surface area contributed by atoms with E-state index in [0.29, 0.717) is 18.7 Å². The molecule has 0 saturated heterocycles. The highest BCUT2D eigenvalue weighted by atomic mass is 32.2. The van der Waals surface area contributed by atoms with Crippen molar-refractivity contribution in [3.63, 3.8) is 0 Å². The van der Waals surface area contributed by atoms with Crippen molar-refractivity contribution in [2.24, 2.45) is 0 Å². The van der Waals surface area contributed by atoms with E-state index in [1.54, 1.807) is 12.1 Å². The van der Waals surface area contributed by atoms with Crippen molar-refractivity contribution in [1.29, 1.82) is 0 Å². The van der Waals surface area contributed by atoms with Crippen LogP contribution in [0.4, 0.5) is 5.69 Å². The lowest BCUT2D eigenvalue weighted by atomic mass is 9.96. The molecule has 3 aromatic rings. The molecule has 0 spiro atoms. The van der Waals surface area contributed by atoms with Gasteiger partial charge in [-0.2, -0.15) is 0 Å². The van der Waals surface area contributed by atoms with Gasteiger partial charge in [0.1, 0.15) is 5.75 Å². The van der Waals surface area contributed by atoms with Crippen molar-refractivity contribution in [3.05, 3.63) is 88.5 Å². The van der Waals surface area contributed by atoms with Crippen LogP contribution >= 0.6 is 0 Å². The summed E-state index contributed by atoms with van der Waals surface area (Å²) in [7, 11) is -3.66. The minimum absolute atomic E-state index is 0.147. The van der Waals surface area contributed by atoms with Crippen LogP contribution in [0.25, 0.3) is 0 Å². The third-order valence-corrected chi connectivity index (χ3v) is 8.18. The first-order valence-electron chi connectivity index (χ1n) is 11.4. The number of benzene rings is 3. The van der Waals surface area contributed by atoms with Crippen molar-refractivity contribution in [2.45, 2.75) is 45.1 Å². The molecule has 4 rings (SSSR count). The number of rotatable bonds is 7. The average Bonchev–Trinajstić information content (AvgIpc) is 3.25. The van der Waals surface area contributed by atoms with Gasteiger partial charge in [-0.15, -0.1) is 0 Å². The molecule has 1 aliphatic rings. The van der Waals surface area contributed by atoms with Crippen LogP contribution in [0.1, 0.15) is 40.8 Å². The molecule has 0 bridgehead atoms. The third kappa shape index (κ3) is 4.80. The topological polar surface area (TPSA) is 75.7 Å². The zero-order valence-electron chi connectivity index (χ0n) is 20.0.